The van der Waals surface area contributed by atoms with Gasteiger partial charge in [-0.1, -0.05) is 55.5 Å². The molecule has 3 aromatic carbocycles. The van der Waals surface area contributed by atoms with Crippen LogP contribution in [0.25, 0.3) is 11.0 Å². The highest BCUT2D eigenvalue weighted by Gasteiger charge is 2.12. The van der Waals surface area contributed by atoms with Gasteiger partial charge in [0, 0.05) is 12.6 Å². The van der Waals surface area contributed by atoms with E-state index in [0.717, 1.165) is 17.5 Å². The maximum absolute atomic E-state index is 12.8. The van der Waals surface area contributed by atoms with E-state index in [-0.39, 0.29) is 23.7 Å². The summed E-state index contributed by atoms with van der Waals surface area (Å²) in [5, 5.41) is 3.17. The number of para-hydroxylation sites is 1. The molecule has 0 aliphatic heterocycles. The summed E-state index contributed by atoms with van der Waals surface area (Å²) in [7, 11) is 0. The summed E-state index contributed by atoms with van der Waals surface area (Å²) in [5.74, 6) is 0.935. The Morgan fingerprint density at radius 3 is 2.56 bits per heavy atom. The average Bonchev–Trinajstić information content (AvgIpc) is 2.84. The topological polar surface area (TPSA) is 77.8 Å². The van der Waals surface area contributed by atoms with Gasteiger partial charge in [-0.3, -0.25) is 9.59 Å². The second kappa shape index (κ2) is 9.83. The molecule has 4 aromatic rings. The SMILES string of the molecule is CCc1ccccc1Oc1coc2cc(OCC(=O)NCc3ccccc3)ccc2c1=O. The van der Waals surface area contributed by atoms with Crippen molar-refractivity contribution in [2.45, 2.75) is 19.9 Å². The number of carbonyl (C=O) groups excluding carboxylic acids is 1. The van der Waals surface area contributed by atoms with E-state index in [1.165, 1.54) is 6.26 Å². The number of aryl methyl sites for hydroxylation is 1. The van der Waals surface area contributed by atoms with Gasteiger partial charge in [-0.2, -0.15) is 0 Å². The number of ether oxygens (including phenoxy) is 2. The first kappa shape index (κ1) is 21.2. The summed E-state index contributed by atoms with van der Waals surface area (Å²) >= 11 is 0. The van der Waals surface area contributed by atoms with Gasteiger partial charge in [0.15, 0.2) is 6.61 Å². The van der Waals surface area contributed by atoms with Crippen LogP contribution in [-0.4, -0.2) is 12.5 Å². The molecule has 1 amide bonds. The second-order valence-electron chi connectivity index (χ2n) is 7.20. The lowest BCUT2D eigenvalue weighted by Crippen LogP contribution is -2.28. The second-order valence-corrected chi connectivity index (χ2v) is 7.20. The number of carbonyl (C=O) groups is 1. The van der Waals surface area contributed by atoms with Gasteiger partial charge in [0.1, 0.15) is 23.3 Å². The molecule has 1 heterocycles. The Hall–Kier alpha value is -4.06. The lowest BCUT2D eigenvalue weighted by atomic mass is 10.1. The standard InChI is InChI=1S/C26H23NO5/c1-2-19-10-6-7-11-22(19)32-24-16-31-23-14-20(12-13-21(23)26(24)29)30-17-25(28)27-15-18-8-4-3-5-9-18/h3-14,16H,2,15,17H2,1H3,(H,27,28). The molecule has 4 rings (SSSR count). The van der Waals surface area contributed by atoms with E-state index in [1.807, 2.05) is 61.5 Å². The largest absolute Gasteiger partial charge is 0.484 e. The molecule has 0 saturated heterocycles. The maximum Gasteiger partial charge on any atom is 0.258 e. The molecule has 0 aliphatic rings. The molecule has 0 unspecified atom stereocenters. The molecular formula is C26H23NO5. The fourth-order valence-electron chi connectivity index (χ4n) is 3.26. The van der Waals surface area contributed by atoms with Gasteiger partial charge in [0.2, 0.25) is 11.2 Å². The van der Waals surface area contributed by atoms with Gasteiger partial charge < -0.3 is 19.2 Å². The number of nitrogens with one attached hydrogen (secondary N) is 1. The molecule has 162 valence electrons. The summed E-state index contributed by atoms with van der Waals surface area (Å²) in [5.41, 5.74) is 2.09. The van der Waals surface area contributed by atoms with E-state index in [2.05, 4.69) is 5.32 Å². The highest BCUT2D eigenvalue weighted by molar-refractivity contribution is 5.80. The molecule has 6 nitrogen and oxygen atoms in total. The minimum absolute atomic E-state index is 0.118. The highest BCUT2D eigenvalue weighted by atomic mass is 16.5. The summed E-state index contributed by atoms with van der Waals surface area (Å²) in [6, 6.07) is 22.0. The third-order valence-corrected chi connectivity index (χ3v) is 4.99. The summed E-state index contributed by atoms with van der Waals surface area (Å²) in [6.45, 7) is 2.31. The van der Waals surface area contributed by atoms with Crippen LogP contribution in [0.5, 0.6) is 17.2 Å². The number of benzene rings is 3. The molecule has 32 heavy (non-hydrogen) atoms. The van der Waals surface area contributed by atoms with Crippen molar-refractivity contribution in [2.24, 2.45) is 0 Å². The van der Waals surface area contributed by atoms with E-state index < -0.39 is 0 Å². The quantitative estimate of drug-likeness (QED) is 0.434. The Labute approximate surface area is 185 Å². The highest BCUT2D eigenvalue weighted by Crippen LogP contribution is 2.26. The molecule has 0 spiro atoms. The first-order valence-corrected chi connectivity index (χ1v) is 10.4. The van der Waals surface area contributed by atoms with Crippen molar-refractivity contribution in [1.29, 1.82) is 0 Å². The molecule has 0 atom stereocenters. The Morgan fingerprint density at radius 1 is 0.969 bits per heavy atom. The third-order valence-electron chi connectivity index (χ3n) is 4.99. The van der Waals surface area contributed by atoms with Crippen molar-refractivity contribution in [3.63, 3.8) is 0 Å². The van der Waals surface area contributed by atoms with E-state index in [0.29, 0.717) is 29.0 Å². The van der Waals surface area contributed by atoms with Crippen LogP contribution in [0.2, 0.25) is 0 Å². The zero-order chi connectivity index (χ0) is 22.3. The normalized spacial score (nSPS) is 10.7. The van der Waals surface area contributed by atoms with Crippen LogP contribution in [0.15, 0.2) is 88.3 Å². The average molecular weight is 429 g/mol. The van der Waals surface area contributed by atoms with Gasteiger partial charge in [0.05, 0.1) is 5.39 Å². The molecule has 0 radical (unpaired) electrons. The molecule has 1 aromatic heterocycles. The molecular weight excluding hydrogens is 406 g/mol. The maximum atomic E-state index is 12.8. The van der Waals surface area contributed by atoms with Crippen LogP contribution < -0.4 is 20.2 Å². The number of amides is 1. The van der Waals surface area contributed by atoms with Crippen LogP contribution in [0.3, 0.4) is 0 Å². The summed E-state index contributed by atoms with van der Waals surface area (Å²) in [4.78, 5) is 24.9. The van der Waals surface area contributed by atoms with Crippen LogP contribution in [-0.2, 0) is 17.8 Å². The van der Waals surface area contributed by atoms with E-state index >= 15 is 0 Å². The minimum Gasteiger partial charge on any atom is -0.484 e. The smallest absolute Gasteiger partial charge is 0.258 e. The van der Waals surface area contributed by atoms with Crippen LogP contribution >= 0.6 is 0 Å². The Kier molecular flexibility index (Phi) is 6.51. The van der Waals surface area contributed by atoms with Crippen molar-refractivity contribution in [3.05, 3.63) is 100 Å². The predicted molar refractivity (Wildman–Crippen MR) is 122 cm³/mol. The van der Waals surface area contributed by atoms with Crippen molar-refractivity contribution >= 4 is 16.9 Å². The van der Waals surface area contributed by atoms with Gasteiger partial charge in [0.25, 0.3) is 5.91 Å². The van der Waals surface area contributed by atoms with Gasteiger partial charge in [-0.15, -0.1) is 0 Å². The van der Waals surface area contributed by atoms with Crippen LogP contribution in [0, 0.1) is 0 Å². The summed E-state index contributed by atoms with van der Waals surface area (Å²) < 4.78 is 17.0. The van der Waals surface area contributed by atoms with Crippen LogP contribution in [0.1, 0.15) is 18.1 Å². The lowest BCUT2D eigenvalue weighted by Gasteiger charge is -2.10. The monoisotopic (exact) mass is 429 g/mol. The molecule has 1 N–H and O–H groups in total. The van der Waals surface area contributed by atoms with E-state index in [4.69, 9.17) is 13.9 Å². The van der Waals surface area contributed by atoms with Crippen molar-refractivity contribution in [1.82, 2.24) is 5.32 Å². The number of rotatable bonds is 8. The molecule has 0 saturated carbocycles. The minimum atomic E-state index is -0.274. The van der Waals surface area contributed by atoms with Gasteiger partial charge in [-0.05, 0) is 35.7 Å². The zero-order valence-corrected chi connectivity index (χ0v) is 17.7. The first-order chi connectivity index (χ1) is 15.6. The van der Waals surface area contributed by atoms with Crippen LogP contribution in [0.4, 0.5) is 0 Å². The van der Waals surface area contributed by atoms with E-state index in [1.54, 1.807) is 18.2 Å². The molecule has 0 bridgehead atoms. The van der Waals surface area contributed by atoms with Gasteiger partial charge >= 0.3 is 0 Å². The fraction of sp³-hybridized carbons (Fsp3) is 0.154. The number of hydrogen-bond acceptors (Lipinski definition) is 5. The van der Waals surface area contributed by atoms with E-state index in [9.17, 15) is 9.59 Å². The zero-order valence-electron chi connectivity index (χ0n) is 17.7. The number of hydrogen-bond donors (Lipinski definition) is 1. The Morgan fingerprint density at radius 2 is 1.75 bits per heavy atom. The first-order valence-electron chi connectivity index (χ1n) is 10.4. The molecule has 0 fully saturated rings. The summed E-state index contributed by atoms with van der Waals surface area (Å²) in [6.07, 6.45) is 2.09. The van der Waals surface area contributed by atoms with Crippen molar-refractivity contribution in [2.75, 3.05) is 6.61 Å². The molecule has 6 heteroatoms. The van der Waals surface area contributed by atoms with Crippen molar-refractivity contribution in [3.8, 4) is 17.2 Å². The Bertz CT molecular complexity index is 1280. The fourth-order valence-corrected chi connectivity index (χ4v) is 3.26. The predicted octanol–water partition coefficient (Wildman–Crippen LogP) is 4.84. The lowest BCUT2D eigenvalue weighted by molar-refractivity contribution is -0.123. The van der Waals surface area contributed by atoms with Crippen molar-refractivity contribution < 1.29 is 18.7 Å². The number of fused-ring (bicyclic) bond motifs is 1. The Balaban J connectivity index is 1.42. The third kappa shape index (κ3) is 4.98. The van der Waals surface area contributed by atoms with Gasteiger partial charge in [-0.25, -0.2) is 0 Å². The molecule has 0 aliphatic carbocycles.